The Kier molecular flexibility index (Phi) is 3.93. The van der Waals surface area contributed by atoms with Crippen molar-refractivity contribution in [3.8, 4) is 5.88 Å². The van der Waals surface area contributed by atoms with E-state index in [0.717, 1.165) is 12.8 Å². The minimum absolute atomic E-state index is 0.0434. The Morgan fingerprint density at radius 1 is 1.37 bits per heavy atom. The largest absolute Gasteiger partial charge is 0.478 e. The zero-order chi connectivity index (χ0) is 14.0. The molecule has 0 spiro atoms. The maximum Gasteiger partial charge on any atom is 0.338 e. The molecule has 2 unspecified atom stereocenters. The summed E-state index contributed by atoms with van der Waals surface area (Å²) in [6, 6.07) is 1.40. The number of pyridine rings is 1. The van der Waals surface area contributed by atoms with Gasteiger partial charge < -0.3 is 15.6 Å². The van der Waals surface area contributed by atoms with Crippen LogP contribution in [0.1, 0.15) is 43.5 Å². The van der Waals surface area contributed by atoms with Gasteiger partial charge in [0.2, 0.25) is 5.88 Å². The van der Waals surface area contributed by atoms with E-state index < -0.39 is 5.97 Å². The van der Waals surface area contributed by atoms with Gasteiger partial charge in [-0.25, -0.2) is 9.78 Å². The van der Waals surface area contributed by atoms with E-state index in [2.05, 4.69) is 18.8 Å². The van der Waals surface area contributed by atoms with Gasteiger partial charge in [-0.2, -0.15) is 0 Å². The number of aromatic carboxylic acids is 1. The van der Waals surface area contributed by atoms with E-state index in [-0.39, 0.29) is 17.4 Å². The van der Waals surface area contributed by atoms with Crippen molar-refractivity contribution in [2.45, 2.75) is 39.2 Å². The van der Waals surface area contributed by atoms with Gasteiger partial charge in [0.15, 0.2) is 0 Å². The molecule has 1 saturated carbocycles. The maximum absolute atomic E-state index is 11.0. The number of carboxylic acid groups (broad SMARTS) is 1. The van der Waals surface area contributed by atoms with Crippen molar-refractivity contribution in [2.24, 2.45) is 11.8 Å². The van der Waals surface area contributed by atoms with E-state index in [0.29, 0.717) is 17.7 Å². The summed E-state index contributed by atoms with van der Waals surface area (Å²) in [5.74, 6) is 0.538. The Labute approximate surface area is 112 Å². The molecule has 1 fully saturated rings. The highest BCUT2D eigenvalue weighted by Gasteiger charge is 2.25. The maximum atomic E-state index is 11.0. The van der Waals surface area contributed by atoms with Crippen LogP contribution in [0.15, 0.2) is 12.3 Å². The van der Waals surface area contributed by atoms with Crippen LogP contribution >= 0.6 is 0 Å². The van der Waals surface area contributed by atoms with Crippen molar-refractivity contribution in [3.05, 3.63) is 17.8 Å². The molecule has 19 heavy (non-hydrogen) atoms. The van der Waals surface area contributed by atoms with Crippen molar-refractivity contribution >= 4 is 11.7 Å². The molecule has 0 saturated heterocycles. The molecule has 0 aromatic carbocycles. The number of aromatic nitrogens is 1. The topological polar surface area (TPSA) is 85.4 Å². The summed E-state index contributed by atoms with van der Waals surface area (Å²) in [5, 5.41) is 9.02. The predicted octanol–water partition coefficient (Wildman–Crippen LogP) is 2.57. The van der Waals surface area contributed by atoms with Gasteiger partial charge >= 0.3 is 5.97 Å². The number of carboxylic acids is 1. The van der Waals surface area contributed by atoms with Crippen LogP contribution in [0.2, 0.25) is 0 Å². The lowest BCUT2D eigenvalue weighted by molar-refractivity contribution is 0.0694. The van der Waals surface area contributed by atoms with E-state index in [4.69, 9.17) is 15.6 Å². The van der Waals surface area contributed by atoms with Crippen LogP contribution in [0.5, 0.6) is 5.88 Å². The summed E-state index contributed by atoms with van der Waals surface area (Å²) in [6.45, 7) is 4.43. The zero-order valence-corrected chi connectivity index (χ0v) is 11.3. The second kappa shape index (κ2) is 5.47. The van der Waals surface area contributed by atoms with Crippen LogP contribution in [0.4, 0.5) is 5.69 Å². The molecule has 0 amide bonds. The smallest absolute Gasteiger partial charge is 0.338 e. The minimum Gasteiger partial charge on any atom is -0.478 e. The van der Waals surface area contributed by atoms with Gasteiger partial charge in [0.05, 0.1) is 17.4 Å². The van der Waals surface area contributed by atoms with Gasteiger partial charge in [-0.3, -0.25) is 0 Å². The Morgan fingerprint density at radius 3 is 2.58 bits per heavy atom. The van der Waals surface area contributed by atoms with Gasteiger partial charge in [-0.15, -0.1) is 0 Å². The molecule has 104 valence electrons. The van der Waals surface area contributed by atoms with Gasteiger partial charge in [0.1, 0.15) is 6.10 Å². The monoisotopic (exact) mass is 264 g/mol. The molecule has 1 aliphatic rings. The fourth-order valence-electron chi connectivity index (χ4n) is 2.84. The molecule has 5 nitrogen and oxygen atoms in total. The third kappa shape index (κ3) is 3.36. The Hall–Kier alpha value is -1.78. The molecule has 1 aromatic rings. The highest BCUT2D eigenvalue weighted by Crippen LogP contribution is 2.31. The number of anilines is 1. The Bertz CT molecular complexity index is 466. The lowest BCUT2D eigenvalue weighted by Crippen LogP contribution is -2.28. The van der Waals surface area contributed by atoms with Crippen molar-refractivity contribution in [3.63, 3.8) is 0 Å². The number of nitrogen functional groups attached to an aromatic ring is 1. The zero-order valence-electron chi connectivity index (χ0n) is 11.3. The van der Waals surface area contributed by atoms with Crippen molar-refractivity contribution < 1.29 is 14.6 Å². The number of hydrogen-bond acceptors (Lipinski definition) is 4. The number of hydrogen-bond donors (Lipinski definition) is 2. The van der Waals surface area contributed by atoms with Gasteiger partial charge in [0, 0.05) is 6.07 Å². The van der Waals surface area contributed by atoms with Crippen molar-refractivity contribution in [2.75, 3.05) is 5.73 Å². The van der Waals surface area contributed by atoms with Crippen molar-refractivity contribution in [1.82, 2.24) is 4.98 Å². The minimum atomic E-state index is -1.06. The molecule has 1 aromatic heterocycles. The first-order chi connectivity index (χ1) is 8.95. The number of ether oxygens (including phenoxy) is 1. The molecular weight excluding hydrogens is 244 g/mol. The summed E-state index contributed by atoms with van der Waals surface area (Å²) >= 11 is 0. The average Bonchev–Trinajstić information content (AvgIpc) is 2.30. The average molecular weight is 264 g/mol. The molecule has 1 heterocycles. The van der Waals surface area contributed by atoms with Crippen LogP contribution in [0.3, 0.4) is 0 Å². The number of rotatable bonds is 3. The molecule has 2 atom stereocenters. The SMILES string of the molecule is CC1CC(C)CC(Oc2cc(C(=O)O)c(N)cn2)C1. The summed E-state index contributed by atoms with van der Waals surface area (Å²) in [6.07, 6.45) is 4.64. The van der Waals surface area contributed by atoms with E-state index in [1.807, 2.05) is 0 Å². The third-order valence-corrected chi connectivity index (χ3v) is 3.56. The first-order valence-electron chi connectivity index (χ1n) is 6.61. The molecular formula is C14H20N2O3. The highest BCUT2D eigenvalue weighted by molar-refractivity contribution is 5.93. The van der Waals surface area contributed by atoms with E-state index >= 15 is 0 Å². The molecule has 2 rings (SSSR count). The van der Waals surface area contributed by atoms with Crippen LogP contribution in [-0.4, -0.2) is 22.2 Å². The molecule has 0 radical (unpaired) electrons. The van der Waals surface area contributed by atoms with Crippen LogP contribution in [-0.2, 0) is 0 Å². The summed E-state index contributed by atoms with van der Waals surface area (Å²) in [7, 11) is 0. The molecule has 0 bridgehead atoms. The summed E-state index contributed by atoms with van der Waals surface area (Å²) in [5.41, 5.74) is 5.77. The summed E-state index contributed by atoms with van der Waals surface area (Å²) < 4.78 is 5.81. The second-order valence-corrected chi connectivity index (χ2v) is 5.57. The lowest BCUT2D eigenvalue weighted by atomic mass is 9.82. The number of nitrogens with zero attached hydrogens (tertiary/aromatic N) is 1. The molecule has 0 aliphatic heterocycles. The van der Waals surface area contributed by atoms with E-state index in [1.165, 1.54) is 18.7 Å². The number of nitrogens with two attached hydrogens (primary N) is 1. The number of carbonyl (C=O) groups is 1. The quantitative estimate of drug-likeness (QED) is 0.876. The predicted molar refractivity (Wildman–Crippen MR) is 72.2 cm³/mol. The van der Waals surface area contributed by atoms with Gasteiger partial charge in [0.25, 0.3) is 0 Å². The van der Waals surface area contributed by atoms with Crippen LogP contribution in [0.25, 0.3) is 0 Å². The Balaban J connectivity index is 2.10. The molecule has 1 aliphatic carbocycles. The lowest BCUT2D eigenvalue weighted by Gasteiger charge is -2.31. The summed E-state index contributed by atoms with van der Waals surface area (Å²) in [4.78, 5) is 15.1. The first kappa shape index (κ1) is 13.6. The van der Waals surface area contributed by atoms with Gasteiger partial charge in [-0.1, -0.05) is 13.8 Å². The fourth-order valence-corrected chi connectivity index (χ4v) is 2.84. The molecule has 5 heteroatoms. The third-order valence-electron chi connectivity index (χ3n) is 3.56. The van der Waals surface area contributed by atoms with E-state index in [9.17, 15) is 4.79 Å². The fraction of sp³-hybridized carbons (Fsp3) is 0.571. The van der Waals surface area contributed by atoms with Gasteiger partial charge in [-0.05, 0) is 31.1 Å². The van der Waals surface area contributed by atoms with Crippen LogP contribution in [0, 0.1) is 11.8 Å². The second-order valence-electron chi connectivity index (χ2n) is 5.57. The van der Waals surface area contributed by atoms with E-state index in [1.54, 1.807) is 0 Å². The molecule has 3 N–H and O–H groups in total. The standard InChI is InChI=1S/C14H20N2O3/c1-8-3-9(2)5-10(4-8)19-13-6-11(14(17)18)12(15)7-16-13/h6-10H,3-5,15H2,1-2H3,(H,17,18). The van der Waals surface area contributed by atoms with Crippen molar-refractivity contribution in [1.29, 1.82) is 0 Å². The van der Waals surface area contributed by atoms with Crippen LogP contribution < -0.4 is 10.5 Å². The first-order valence-corrected chi connectivity index (χ1v) is 6.61. The Morgan fingerprint density at radius 2 is 2.00 bits per heavy atom. The normalized spacial score (nSPS) is 26.9. The highest BCUT2D eigenvalue weighted by atomic mass is 16.5.